The van der Waals surface area contributed by atoms with Crippen LogP contribution >= 0.6 is 27.7 Å². The molecule has 0 heterocycles. The average molecular weight is 319 g/mol. The molecule has 0 aliphatic rings. The molecule has 2 rings (SSSR count). The van der Waals surface area contributed by atoms with Crippen LogP contribution in [0.2, 0.25) is 0 Å². The third kappa shape index (κ3) is 3.76. The number of halogens is 1. The van der Waals surface area contributed by atoms with Crippen molar-refractivity contribution in [3.05, 3.63) is 82.9 Å². The fourth-order valence-corrected chi connectivity index (χ4v) is 3.03. The first-order valence-corrected chi connectivity index (χ1v) is 7.67. The summed E-state index contributed by atoms with van der Waals surface area (Å²) in [6.45, 7) is 3.94. The van der Waals surface area contributed by atoms with Crippen LogP contribution in [0.4, 0.5) is 0 Å². The van der Waals surface area contributed by atoms with Crippen LogP contribution in [0.15, 0.2) is 71.7 Å². The highest BCUT2D eigenvalue weighted by atomic mass is 79.9. The molecule has 0 N–H and O–H groups in total. The highest BCUT2D eigenvalue weighted by Crippen LogP contribution is 2.32. The number of benzene rings is 2. The lowest BCUT2D eigenvalue weighted by Gasteiger charge is -2.12. The highest BCUT2D eigenvalue weighted by Gasteiger charge is 2.07. The van der Waals surface area contributed by atoms with E-state index < -0.39 is 0 Å². The summed E-state index contributed by atoms with van der Waals surface area (Å²) in [5.41, 5.74) is 2.65. The summed E-state index contributed by atoms with van der Waals surface area (Å²) >= 11 is 5.36. The van der Waals surface area contributed by atoms with Gasteiger partial charge in [0.15, 0.2) is 0 Å². The molecule has 0 amide bonds. The summed E-state index contributed by atoms with van der Waals surface area (Å²) in [4.78, 5) is 0. The molecule has 2 heteroatoms. The van der Waals surface area contributed by atoms with Gasteiger partial charge in [0.1, 0.15) is 0 Å². The van der Waals surface area contributed by atoms with Crippen LogP contribution in [0.5, 0.6) is 0 Å². The molecule has 0 saturated carbocycles. The van der Waals surface area contributed by atoms with Crippen molar-refractivity contribution in [1.29, 1.82) is 0 Å². The Hall–Kier alpha value is -0.990. The predicted octanol–water partition coefficient (Wildman–Crippen LogP) is 5.61. The Morgan fingerprint density at radius 3 is 2.33 bits per heavy atom. The standard InChI is InChI=1S/C16H15BrS/c1-2-16(14-8-10-15(17)11-9-14)18-12-13-6-4-3-5-7-13/h2-11,16H,1,12H2/t16-/m0/s1. The van der Waals surface area contributed by atoms with Gasteiger partial charge < -0.3 is 0 Å². The van der Waals surface area contributed by atoms with Crippen molar-refractivity contribution >= 4 is 27.7 Å². The zero-order valence-electron chi connectivity index (χ0n) is 10.1. The fraction of sp³-hybridized carbons (Fsp3) is 0.125. The summed E-state index contributed by atoms with van der Waals surface area (Å²) in [5, 5.41) is 0.346. The van der Waals surface area contributed by atoms with Gasteiger partial charge in [-0.05, 0) is 23.3 Å². The molecule has 0 radical (unpaired) electrons. The Kier molecular flexibility index (Phi) is 5.09. The van der Waals surface area contributed by atoms with Gasteiger partial charge in [-0.25, -0.2) is 0 Å². The minimum Gasteiger partial charge on any atom is -0.145 e. The van der Waals surface area contributed by atoms with Crippen molar-refractivity contribution in [1.82, 2.24) is 0 Å². The van der Waals surface area contributed by atoms with Crippen LogP contribution in [-0.2, 0) is 5.75 Å². The van der Waals surface area contributed by atoms with Gasteiger partial charge in [0.2, 0.25) is 0 Å². The van der Waals surface area contributed by atoms with Crippen molar-refractivity contribution in [3.8, 4) is 0 Å². The summed E-state index contributed by atoms with van der Waals surface area (Å²) in [5.74, 6) is 1.01. The third-order valence-electron chi connectivity index (χ3n) is 2.68. The lowest BCUT2D eigenvalue weighted by atomic mass is 10.1. The van der Waals surface area contributed by atoms with Crippen molar-refractivity contribution in [3.63, 3.8) is 0 Å². The molecule has 0 aromatic heterocycles. The van der Waals surface area contributed by atoms with Gasteiger partial charge in [-0.15, -0.1) is 18.3 Å². The predicted molar refractivity (Wildman–Crippen MR) is 84.8 cm³/mol. The molecule has 92 valence electrons. The van der Waals surface area contributed by atoms with Crippen molar-refractivity contribution in [2.45, 2.75) is 11.0 Å². The molecule has 0 nitrogen and oxygen atoms in total. The summed E-state index contributed by atoms with van der Waals surface area (Å²) < 4.78 is 1.11. The van der Waals surface area contributed by atoms with Crippen LogP contribution in [0.3, 0.4) is 0 Å². The molecular weight excluding hydrogens is 304 g/mol. The topological polar surface area (TPSA) is 0 Å². The van der Waals surface area contributed by atoms with Crippen LogP contribution in [0.25, 0.3) is 0 Å². The second kappa shape index (κ2) is 6.81. The van der Waals surface area contributed by atoms with E-state index in [1.807, 2.05) is 23.9 Å². The smallest absolute Gasteiger partial charge is 0.0478 e. The molecular formula is C16H15BrS. The Bertz CT molecular complexity index is 490. The maximum atomic E-state index is 3.94. The molecule has 18 heavy (non-hydrogen) atoms. The second-order valence-electron chi connectivity index (χ2n) is 4.00. The second-order valence-corrected chi connectivity index (χ2v) is 6.05. The molecule has 0 aliphatic heterocycles. The van der Waals surface area contributed by atoms with Crippen LogP contribution in [0, 0.1) is 0 Å². The van der Waals surface area contributed by atoms with Crippen LogP contribution in [-0.4, -0.2) is 0 Å². The molecule has 2 aromatic rings. The van der Waals surface area contributed by atoms with E-state index in [1.165, 1.54) is 11.1 Å². The minimum absolute atomic E-state index is 0.346. The molecule has 0 aliphatic carbocycles. The molecule has 0 spiro atoms. The van der Waals surface area contributed by atoms with E-state index in [0.29, 0.717) is 5.25 Å². The maximum absolute atomic E-state index is 3.94. The van der Waals surface area contributed by atoms with Gasteiger partial charge in [-0.3, -0.25) is 0 Å². The molecule has 0 fully saturated rings. The summed E-state index contributed by atoms with van der Waals surface area (Å²) in [6.07, 6.45) is 2.01. The first kappa shape index (κ1) is 13.4. The van der Waals surface area contributed by atoms with Gasteiger partial charge in [0, 0.05) is 15.5 Å². The van der Waals surface area contributed by atoms with Crippen molar-refractivity contribution in [2.24, 2.45) is 0 Å². The van der Waals surface area contributed by atoms with E-state index in [-0.39, 0.29) is 0 Å². The van der Waals surface area contributed by atoms with Gasteiger partial charge in [-0.1, -0.05) is 64.5 Å². The number of thioether (sulfide) groups is 1. The first-order valence-electron chi connectivity index (χ1n) is 5.83. The zero-order chi connectivity index (χ0) is 12.8. The lowest BCUT2D eigenvalue weighted by molar-refractivity contribution is 1.22. The third-order valence-corrected chi connectivity index (χ3v) is 4.54. The lowest BCUT2D eigenvalue weighted by Crippen LogP contribution is -1.91. The van der Waals surface area contributed by atoms with E-state index in [2.05, 4.69) is 71.0 Å². The number of hydrogen-bond donors (Lipinski definition) is 0. The van der Waals surface area contributed by atoms with Gasteiger partial charge in [0.05, 0.1) is 0 Å². The fourth-order valence-electron chi connectivity index (χ4n) is 1.71. The Morgan fingerprint density at radius 1 is 1.06 bits per heavy atom. The number of hydrogen-bond acceptors (Lipinski definition) is 1. The molecule has 0 saturated heterocycles. The Morgan fingerprint density at radius 2 is 1.72 bits per heavy atom. The largest absolute Gasteiger partial charge is 0.145 e. The van der Waals surface area contributed by atoms with E-state index in [4.69, 9.17) is 0 Å². The molecule has 1 atom stereocenters. The Labute approximate surface area is 121 Å². The molecule has 2 aromatic carbocycles. The van der Waals surface area contributed by atoms with E-state index in [0.717, 1.165) is 10.2 Å². The minimum atomic E-state index is 0.346. The van der Waals surface area contributed by atoms with Crippen LogP contribution in [0.1, 0.15) is 16.4 Å². The van der Waals surface area contributed by atoms with E-state index in [9.17, 15) is 0 Å². The molecule has 0 unspecified atom stereocenters. The van der Waals surface area contributed by atoms with Crippen molar-refractivity contribution < 1.29 is 0 Å². The van der Waals surface area contributed by atoms with Gasteiger partial charge >= 0.3 is 0 Å². The zero-order valence-corrected chi connectivity index (χ0v) is 12.5. The highest BCUT2D eigenvalue weighted by molar-refractivity contribution is 9.10. The first-order chi connectivity index (χ1) is 8.79. The maximum Gasteiger partial charge on any atom is 0.0478 e. The Balaban J connectivity index is 2.02. The van der Waals surface area contributed by atoms with Gasteiger partial charge in [0.25, 0.3) is 0 Å². The quantitative estimate of drug-likeness (QED) is 0.646. The average Bonchev–Trinajstić information content (AvgIpc) is 2.42. The molecule has 0 bridgehead atoms. The van der Waals surface area contributed by atoms with Gasteiger partial charge in [-0.2, -0.15) is 0 Å². The normalized spacial score (nSPS) is 12.1. The van der Waals surface area contributed by atoms with E-state index in [1.54, 1.807) is 0 Å². The SMILES string of the molecule is C=C[C@H](SCc1ccccc1)c1ccc(Br)cc1. The van der Waals surface area contributed by atoms with Crippen LogP contribution < -0.4 is 0 Å². The summed E-state index contributed by atoms with van der Waals surface area (Å²) in [7, 11) is 0. The van der Waals surface area contributed by atoms with E-state index >= 15 is 0 Å². The van der Waals surface area contributed by atoms with Crippen molar-refractivity contribution in [2.75, 3.05) is 0 Å². The monoisotopic (exact) mass is 318 g/mol. The summed E-state index contributed by atoms with van der Waals surface area (Å²) in [6, 6.07) is 19.0. The number of rotatable bonds is 5.